The topological polar surface area (TPSA) is 88.4 Å². The molecule has 10 heteroatoms. The Morgan fingerprint density at radius 3 is 2.65 bits per heavy atom. The summed E-state index contributed by atoms with van der Waals surface area (Å²) in [5, 5.41) is 0. The number of benzene rings is 3. The molecule has 2 aliphatic rings. The van der Waals surface area contributed by atoms with E-state index in [1.54, 1.807) is 24.7 Å². The van der Waals surface area contributed by atoms with Gasteiger partial charge in [-0.1, -0.05) is 69.7 Å². The molecular formula is C30H23BrN2O6S. The van der Waals surface area contributed by atoms with Crippen LogP contribution in [0.25, 0.3) is 11.8 Å². The van der Waals surface area contributed by atoms with Gasteiger partial charge in [-0.15, -0.1) is 0 Å². The molecule has 202 valence electrons. The first-order chi connectivity index (χ1) is 19.5. The number of aromatic nitrogens is 1. The lowest BCUT2D eigenvalue weighted by atomic mass is 9.93. The zero-order valence-corrected chi connectivity index (χ0v) is 24.0. The molecule has 0 N–H and O–H groups in total. The maximum atomic E-state index is 14.1. The summed E-state index contributed by atoms with van der Waals surface area (Å²) in [6, 6.07) is 19.6. The number of ether oxygens (including phenoxy) is 4. The van der Waals surface area contributed by atoms with Crippen LogP contribution in [-0.2, 0) is 9.53 Å². The summed E-state index contributed by atoms with van der Waals surface area (Å²) in [6.07, 6.45) is 1.79. The predicted octanol–water partition coefficient (Wildman–Crippen LogP) is 4.44. The fraction of sp³-hybridized carbons (Fsp3) is 0.167. The van der Waals surface area contributed by atoms with Gasteiger partial charge in [-0.2, -0.15) is 0 Å². The first-order valence-corrected chi connectivity index (χ1v) is 14.1. The number of halogens is 1. The van der Waals surface area contributed by atoms with Crippen LogP contribution in [0.4, 0.5) is 0 Å². The van der Waals surface area contributed by atoms with E-state index in [-0.39, 0.29) is 24.5 Å². The second-order valence-corrected chi connectivity index (χ2v) is 10.8. The number of carbonyl (C=O) groups is 1. The molecule has 1 aromatic heterocycles. The van der Waals surface area contributed by atoms with Crippen molar-refractivity contribution < 1.29 is 23.7 Å². The van der Waals surface area contributed by atoms with Gasteiger partial charge >= 0.3 is 5.97 Å². The van der Waals surface area contributed by atoms with Gasteiger partial charge in [0.15, 0.2) is 16.3 Å². The maximum absolute atomic E-state index is 14.1. The van der Waals surface area contributed by atoms with E-state index in [1.165, 1.54) is 11.3 Å². The third kappa shape index (κ3) is 4.63. The lowest BCUT2D eigenvalue weighted by Crippen LogP contribution is -2.40. The molecule has 0 unspecified atom stereocenters. The van der Waals surface area contributed by atoms with Gasteiger partial charge < -0.3 is 18.9 Å². The van der Waals surface area contributed by atoms with Crippen LogP contribution in [0.3, 0.4) is 0 Å². The number of fused-ring (bicyclic) bond motifs is 2. The molecule has 1 atom stereocenters. The predicted molar refractivity (Wildman–Crippen MR) is 154 cm³/mol. The van der Waals surface area contributed by atoms with Crippen molar-refractivity contribution in [2.45, 2.75) is 13.0 Å². The summed E-state index contributed by atoms with van der Waals surface area (Å²) < 4.78 is 24.8. The van der Waals surface area contributed by atoms with E-state index in [9.17, 15) is 9.59 Å². The summed E-state index contributed by atoms with van der Waals surface area (Å²) in [5.41, 5.74) is 2.65. The molecule has 2 aliphatic heterocycles. The highest BCUT2D eigenvalue weighted by Gasteiger charge is 2.35. The van der Waals surface area contributed by atoms with Gasteiger partial charge in [0.05, 0.1) is 35.6 Å². The van der Waals surface area contributed by atoms with Crippen molar-refractivity contribution in [2.24, 2.45) is 4.99 Å². The zero-order chi connectivity index (χ0) is 27.8. The van der Waals surface area contributed by atoms with Crippen LogP contribution in [0, 0.1) is 0 Å². The molecule has 0 fully saturated rings. The molecule has 3 heterocycles. The van der Waals surface area contributed by atoms with Crippen molar-refractivity contribution in [3.8, 4) is 17.2 Å². The minimum absolute atomic E-state index is 0.146. The third-order valence-electron chi connectivity index (χ3n) is 6.56. The van der Waals surface area contributed by atoms with E-state index >= 15 is 0 Å². The van der Waals surface area contributed by atoms with Gasteiger partial charge in [0, 0.05) is 10.0 Å². The molecule has 6 rings (SSSR count). The summed E-state index contributed by atoms with van der Waals surface area (Å²) in [4.78, 5) is 33.0. The van der Waals surface area contributed by atoms with Crippen molar-refractivity contribution in [2.75, 3.05) is 20.5 Å². The minimum atomic E-state index is -0.789. The van der Waals surface area contributed by atoms with Crippen molar-refractivity contribution in [1.82, 2.24) is 4.57 Å². The fourth-order valence-corrected chi connectivity index (χ4v) is 6.18. The smallest absolute Gasteiger partial charge is 0.338 e. The van der Waals surface area contributed by atoms with Crippen LogP contribution >= 0.6 is 27.3 Å². The van der Waals surface area contributed by atoms with Gasteiger partial charge in [0.2, 0.25) is 6.79 Å². The molecule has 0 radical (unpaired) electrons. The van der Waals surface area contributed by atoms with E-state index < -0.39 is 12.0 Å². The molecule has 4 aromatic rings. The lowest BCUT2D eigenvalue weighted by molar-refractivity contribution is -0.138. The first kappa shape index (κ1) is 26.1. The van der Waals surface area contributed by atoms with Gasteiger partial charge in [-0.05, 0) is 48.4 Å². The number of thiazole rings is 1. The third-order valence-corrected chi connectivity index (χ3v) is 8.23. The largest absolute Gasteiger partial charge is 0.497 e. The van der Waals surface area contributed by atoms with Gasteiger partial charge in [-0.3, -0.25) is 9.36 Å². The Labute approximate surface area is 241 Å². The Hall–Kier alpha value is -4.15. The first-order valence-electron chi connectivity index (χ1n) is 12.5. The molecule has 40 heavy (non-hydrogen) atoms. The number of methoxy groups -OCH3 is 1. The highest BCUT2D eigenvalue weighted by atomic mass is 79.9. The summed E-state index contributed by atoms with van der Waals surface area (Å²) >= 11 is 4.83. The number of esters is 1. The van der Waals surface area contributed by atoms with Crippen molar-refractivity contribution in [3.05, 3.63) is 113 Å². The molecule has 8 nitrogen and oxygen atoms in total. The normalized spacial score (nSPS) is 16.0. The monoisotopic (exact) mass is 618 g/mol. The highest BCUT2D eigenvalue weighted by Crippen LogP contribution is 2.38. The quantitative estimate of drug-likeness (QED) is 0.297. The average molecular weight is 619 g/mol. The van der Waals surface area contributed by atoms with Crippen LogP contribution < -0.4 is 29.1 Å². The number of hydrogen-bond donors (Lipinski definition) is 0. The van der Waals surface area contributed by atoms with E-state index in [0.717, 1.165) is 15.6 Å². The van der Waals surface area contributed by atoms with Crippen LogP contribution in [-0.4, -0.2) is 31.0 Å². The van der Waals surface area contributed by atoms with Gasteiger partial charge in [-0.25, -0.2) is 9.79 Å². The highest BCUT2D eigenvalue weighted by molar-refractivity contribution is 9.10. The van der Waals surface area contributed by atoms with E-state index in [4.69, 9.17) is 23.9 Å². The Morgan fingerprint density at radius 2 is 1.90 bits per heavy atom. The molecular weight excluding hydrogens is 596 g/mol. The molecule has 0 amide bonds. The van der Waals surface area contributed by atoms with Crippen molar-refractivity contribution in [1.29, 1.82) is 0 Å². The van der Waals surface area contributed by atoms with Crippen LogP contribution in [0.1, 0.15) is 29.7 Å². The summed E-state index contributed by atoms with van der Waals surface area (Å²) in [7, 11) is 1.57. The van der Waals surface area contributed by atoms with E-state index in [2.05, 4.69) is 15.9 Å². The Balaban J connectivity index is 1.64. The lowest BCUT2D eigenvalue weighted by Gasteiger charge is -2.26. The number of rotatable bonds is 6. The van der Waals surface area contributed by atoms with Crippen LogP contribution in [0.15, 0.2) is 86.6 Å². The zero-order valence-electron chi connectivity index (χ0n) is 21.5. The molecule has 0 bridgehead atoms. The van der Waals surface area contributed by atoms with Gasteiger partial charge in [0.25, 0.3) is 5.56 Å². The molecule has 0 aliphatic carbocycles. The number of hydrogen-bond acceptors (Lipinski definition) is 8. The number of nitrogens with zero attached hydrogens (tertiary/aromatic N) is 2. The standard InChI is InChI=1S/C30H23BrN2O6S/c1-3-37-29(35)25-26(17-8-5-4-6-9-17)32-30-33(27(25)18-10-7-11-20(12-18)36-2)28(34)24(40-30)14-19-13-22-23(15-21(19)31)39-16-38-22/h4-15,27H,3,16H2,1-2H3/b24-14-/t27-/m1/s1. The molecule has 0 saturated heterocycles. The summed E-state index contributed by atoms with van der Waals surface area (Å²) in [5.74, 6) is 1.30. The average Bonchev–Trinajstić information content (AvgIpc) is 3.56. The summed E-state index contributed by atoms with van der Waals surface area (Å²) in [6.45, 7) is 2.07. The van der Waals surface area contributed by atoms with Gasteiger partial charge in [0.1, 0.15) is 5.75 Å². The second-order valence-electron chi connectivity index (χ2n) is 8.94. The Kier molecular flexibility index (Phi) is 7.03. The maximum Gasteiger partial charge on any atom is 0.338 e. The molecule has 0 spiro atoms. The Morgan fingerprint density at radius 1 is 1.12 bits per heavy atom. The van der Waals surface area contributed by atoms with Crippen molar-refractivity contribution >= 4 is 45.0 Å². The molecule has 3 aromatic carbocycles. The minimum Gasteiger partial charge on any atom is -0.497 e. The second kappa shape index (κ2) is 10.8. The molecule has 0 saturated carbocycles. The fourth-order valence-electron chi connectivity index (χ4n) is 4.75. The van der Waals surface area contributed by atoms with E-state index in [1.807, 2.05) is 66.7 Å². The number of carbonyl (C=O) groups excluding carboxylic acids is 1. The van der Waals surface area contributed by atoms with E-state index in [0.29, 0.717) is 37.8 Å². The van der Waals surface area contributed by atoms with Crippen LogP contribution in [0.5, 0.6) is 17.2 Å². The van der Waals surface area contributed by atoms with Crippen molar-refractivity contribution in [3.63, 3.8) is 0 Å². The van der Waals surface area contributed by atoms with Crippen LogP contribution in [0.2, 0.25) is 0 Å². The SMILES string of the molecule is CCOC(=O)C1=C(c2ccccc2)N=c2s/c(=C\c3cc4c(cc3Br)OCO4)c(=O)n2[C@@H]1c1cccc(OC)c1. The Bertz CT molecular complexity index is 1840.